The highest BCUT2D eigenvalue weighted by atomic mass is 16.6. The molecule has 1 saturated heterocycles. The van der Waals surface area contributed by atoms with Gasteiger partial charge in [-0.1, -0.05) is 30.3 Å². The van der Waals surface area contributed by atoms with Crippen molar-refractivity contribution < 1.29 is 38.6 Å². The number of aliphatic carboxylic acids is 1. The third kappa shape index (κ3) is 9.33. The molecular formula is C26H38N4O8. The summed E-state index contributed by atoms with van der Waals surface area (Å²) in [5.41, 5.74) is 5.45. The minimum Gasteiger partial charge on any atom is -0.480 e. The van der Waals surface area contributed by atoms with Gasteiger partial charge in [0.05, 0.1) is 0 Å². The maximum Gasteiger partial charge on any atom is 0.417 e. The predicted octanol–water partition coefficient (Wildman–Crippen LogP) is 2.25. The second kappa shape index (κ2) is 14.3. The molecule has 0 saturated carbocycles. The molecule has 2 atom stereocenters. The average molecular weight is 535 g/mol. The summed E-state index contributed by atoms with van der Waals surface area (Å²) in [7, 11) is 0. The largest absolute Gasteiger partial charge is 0.480 e. The van der Waals surface area contributed by atoms with Gasteiger partial charge in [0.2, 0.25) is 5.91 Å². The summed E-state index contributed by atoms with van der Waals surface area (Å²) in [5.74, 6) is -2.90. The number of nitrogens with zero attached hydrogens (tertiary/aromatic N) is 2. The highest BCUT2D eigenvalue weighted by molar-refractivity contribution is 6.01. The van der Waals surface area contributed by atoms with Crippen molar-refractivity contribution in [1.29, 1.82) is 0 Å². The molecule has 1 heterocycles. The van der Waals surface area contributed by atoms with Crippen LogP contribution >= 0.6 is 0 Å². The Balaban J connectivity index is 2.38. The zero-order chi connectivity index (χ0) is 28.3. The zero-order valence-electron chi connectivity index (χ0n) is 22.2. The first-order chi connectivity index (χ1) is 17.9. The first-order valence-electron chi connectivity index (χ1n) is 12.7. The fourth-order valence-corrected chi connectivity index (χ4v) is 4.02. The molecule has 4 amide bonds. The predicted molar refractivity (Wildman–Crippen MR) is 137 cm³/mol. The van der Waals surface area contributed by atoms with E-state index in [0.29, 0.717) is 36.3 Å². The third-order valence-electron chi connectivity index (χ3n) is 5.76. The molecule has 2 unspecified atom stereocenters. The Morgan fingerprint density at radius 1 is 1.16 bits per heavy atom. The Morgan fingerprint density at radius 3 is 2.45 bits per heavy atom. The fourth-order valence-electron chi connectivity index (χ4n) is 4.02. The molecule has 12 nitrogen and oxygen atoms in total. The molecule has 2 rings (SSSR count). The number of nitrogens with two attached hydrogens (primary N) is 1. The minimum absolute atomic E-state index is 0.0357. The number of hydrogen-bond acceptors (Lipinski definition) is 8. The van der Waals surface area contributed by atoms with Crippen molar-refractivity contribution in [3.8, 4) is 0 Å². The average Bonchev–Trinajstić information content (AvgIpc) is 3.35. The van der Waals surface area contributed by atoms with Crippen LogP contribution in [0.1, 0.15) is 58.4 Å². The third-order valence-corrected chi connectivity index (χ3v) is 5.76. The number of benzene rings is 1. The van der Waals surface area contributed by atoms with E-state index in [1.54, 1.807) is 51.1 Å². The zero-order valence-corrected chi connectivity index (χ0v) is 22.2. The molecule has 0 aromatic heterocycles. The van der Waals surface area contributed by atoms with E-state index in [0.717, 1.165) is 0 Å². The van der Waals surface area contributed by atoms with Crippen LogP contribution in [0.2, 0.25) is 0 Å². The molecule has 1 aliphatic heterocycles. The van der Waals surface area contributed by atoms with Crippen LogP contribution in [0, 0.1) is 0 Å². The number of carboxylic acid groups (broad SMARTS) is 1. The summed E-state index contributed by atoms with van der Waals surface area (Å²) >= 11 is 0. The number of hydrogen-bond donors (Lipinski definition) is 3. The highest BCUT2D eigenvalue weighted by Gasteiger charge is 2.44. The molecule has 1 aliphatic rings. The SMILES string of the molecule is CC(C)(C)OC(=O)N1CCCC1C(=O)N(C(=O)OCc1ccccc1)C(CCCCN)C(=O)NCC(=O)O. The monoisotopic (exact) mass is 534 g/mol. The summed E-state index contributed by atoms with van der Waals surface area (Å²) in [5, 5.41) is 11.3. The maximum atomic E-state index is 13.9. The lowest BCUT2D eigenvalue weighted by Gasteiger charge is -2.33. The van der Waals surface area contributed by atoms with Gasteiger partial charge in [-0.3, -0.25) is 19.3 Å². The fraction of sp³-hybridized carbons (Fsp3) is 0.577. The molecule has 210 valence electrons. The Labute approximate surface area is 222 Å². The van der Waals surface area contributed by atoms with E-state index in [2.05, 4.69) is 5.32 Å². The number of nitrogens with one attached hydrogen (secondary N) is 1. The molecule has 0 radical (unpaired) electrons. The van der Waals surface area contributed by atoms with Crippen LogP contribution in [0.25, 0.3) is 0 Å². The number of amides is 4. The first-order valence-corrected chi connectivity index (χ1v) is 12.7. The number of rotatable bonds is 11. The Bertz CT molecular complexity index is 979. The molecule has 0 spiro atoms. The normalized spacial score (nSPS) is 15.9. The standard InChI is InChI=1S/C26H38N4O8/c1-26(2,3)38-24(35)29-15-9-13-20(29)23(34)30(25(36)37-17-18-10-5-4-6-11-18)19(12-7-8-14-27)22(33)28-16-21(31)32/h4-6,10-11,19-20H,7-9,12-17,27H2,1-3H3,(H,28,33)(H,31,32). The molecule has 1 fully saturated rings. The number of carboxylic acids is 1. The molecular weight excluding hydrogens is 496 g/mol. The van der Waals surface area contributed by atoms with Crippen molar-refractivity contribution in [3.63, 3.8) is 0 Å². The van der Waals surface area contributed by atoms with Gasteiger partial charge >= 0.3 is 18.2 Å². The van der Waals surface area contributed by atoms with Gasteiger partial charge in [0.1, 0.15) is 30.8 Å². The van der Waals surface area contributed by atoms with Crippen molar-refractivity contribution in [2.45, 2.75) is 77.2 Å². The summed E-state index contributed by atoms with van der Waals surface area (Å²) in [4.78, 5) is 66.1. The smallest absolute Gasteiger partial charge is 0.417 e. The van der Waals surface area contributed by atoms with E-state index < -0.39 is 54.2 Å². The van der Waals surface area contributed by atoms with E-state index in [9.17, 15) is 24.0 Å². The quantitative estimate of drug-likeness (QED) is 0.360. The summed E-state index contributed by atoms with van der Waals surface area (Å²) in [6.45, 7) is 4.81. The molecule has 1 aromatic rings. The Kier molecular flexibility index (Phi) is 11.5. The van der Waals surface area contributed by atoms with Gasteiger partial charge in [-0.25, -0.2) is 14.5 Å². The number of carbonyl (C=O) groups excluding carboxylic acids is 4. The minimum atomic E-state index is -1.36. The van der Waals surface area contributed by atoms with Gasteiger partial charge < -0.3 is 25.6 Å². The van der Waals surface area contributed by atoms with Crippen LogP contribution in [0.3, 0.4) is 0 Å². The van der Waals surface area contributed by atoms with Crippen molar-refractivity contribution >= 4 is 30.0 Å². The molecule has 38 heavy (non-hydrogen) atoms. The second-order valence-corrected chi connectivity index (χ2v) is 9.99. The lowest BCUT2D eigenvalue weighted by molar-refractivity contribution is -0.143. The van der Waals surface area contributed by atoms with E-state index in [-0.39, 0.29) is 26.0 Å². The number of unbranched alkanes of at least 4 members (excludes halogenated alkanes) is 1. The van der Waals surface area contributed by atoms with Gasteiger partial charge in [-0.15, -0.1) is 0 Å². The molecule has 4 N–H and O–H groups in total. The maximum absolute atomic E-state index is 13.9. The van der Waals surface area contributed by atoms with Crippen LogP contribution in [0.5, 0.6) is 0 Å². The number of imide groups is 1. The summed E-state index contributed by atoms with van der Waals surface area (Å²) in [6, 6.07) is 6.37. The van der Waals surface area contributed by atoms with Gasteiger partial charge in [0.15, 0.2) is 0 Å². The van der Waals surface area contributed by atoms with Gasteiger partial charge in [-0.05, 0) is 65.0 Å². The van der Waals surface area contributed by atoms with Gasteiger partial charge in [-0.2, -0.15) is 0 Å². The van der Waals surface area contributed by atoms with Crippen LogP contribution in [-0.4, -0.2) is 82.2 Å². The van der Waals surface area contributed by atoms with Crippen LogP contribution in [-0.2, 0) is 30.5 Å². The van der Waals surface area contributed by atoms with Crippen molar-refractivity contribution in [3.05, 3.63) is 35.9 Å². The molecule has 0 aliphatic carbocycles. The Morgan fingerprint density at radius 2 is 1.84 bits per heavy atom. The second-order valence-electron chi connectivity index (χ2n) is 9.99. The van der Waals surface area contributed by atoms with Crippen molar-refractivity contribution in [2.75, 3.05) is 19.6 Å². The van der Waals surface area contributed by atoms with E-state index in [1.165, 1.54) is 4.90 Å². The van der Waals surface area contributed by atoms with Crippen molar-refractivity contribution in [1.82, 2.24) is 15.1 Å². The molecule has 0 bridgehead atoms. The topological polar surface area (TPSA) is 169 Å². The first kappa shape index (κ1) is 30.6. The van der Waals surface area contributed by atoms with E-state index in [4.69, 9.17) is 20.3 Å². The van der Waals surface area contributed by atoms with Crippen LogP contribution in [0.4, 0.5) is 9.59 Å². The number of carbonyl (C=O) groups is 5. The van der Waals surface area contributed by atoms with Crippen LogP contribution in [0.15, 0.2) is 30.3 Å². The van der Waals surface area contributed by atoms with Gasteiger partial charge in [0.25, 0.3) is 5.91 Å². The molecule has 12 heteroatoms. The Hall–Kier alpha value is -3.67. The molecule has 1 aromatic carbocycles. The van der Waals surface area contributed by atoms with Crippen molar-refractivity contribution in [2.24, 2.45) is 5.73 Å². The van der Waals surface area contributed by atoms with E-state index >= 15 is 0 Å². The summed E-state index contributed by atoms with van der Waals surface area (Å²) < 4.78 is 10.9. The van der Waals surface area contributed by atoms with E-state index in [1.807, 2.05) is 0 Å². The number of ether oxygens (including phenoxy) is 2. The number of likely N-dealkylation sites (tertiary alicyclic amines) is 1. The van der Waals surface area contributed by atoms with Crippen LogP contribution < -0.4 is 11.1 Å². The highest BCUT2D eigenvalue weighted by Crippen LogP contribution is 2.25. The lowest BCUT2D eigenvalue weighted by Crippen LogP contribution is -2.58. The lowest BCUT2D eigenvalue weighted by atomic mass is 10.0. The van der Waals surface area contributed by atoms with Gasteiger partial charge in [0, 0.05) is 6.54 Å². The summed E-state index contributed by atoms with van der Waals surface area (Å²) in [6.07, 6.45) is -0.0966.